The molecule has 44 heavy (non-hydrogen) atoms. The highest BCUT2D eigenvalue weighted by Crippen LogP contribution is 2.41. The summed E-state index contributed by atoms with van der Waals surface area (Å²) in [6, 6.07) is 24.1. The molecule has 2 heterocycles. The van der Waals surface area contributed by atoms with Gasteiger partial charge < -0.3 is 15.2 Å². The van der Waals surface area contributed by atoms with Crippen LogP contribution >= 0.6 is 11.8 Å². The number of thioether (sulfide) groups is 1. The van der Waals surface area contributed by atoms with Crippen LogP contribution in [0.15, 0.2) is 101 Å². The molecule has 2 aliphatic rings. The van der Waals surface area contributed by atoms with E-state index in [1.54, 1.807) is 26.0 Å². The number of esters is 2. The van der Waals surface area contributed by atoms with E-state index >= 15 is 0 Å². The molecule has 0 radical (unpaired) electrons. The van der Waals surface area contributed by atoms with Gasteiger partial charge in [-0.2, -0.15) is 8.42 Å². The molecule has 0 unspecified atom stereocenters. The molecule has 1 saturated heterocycles. The zero-order valence-electron chi connectivity index (χ0n) is 24.5. The van der Waals surface area contributed by atoms with Gasteiger partial charge in [-0.3, -0.25) is 19.0 Å². The lowest BCUT2D eigenvalue weighted by atomic mass is 10.0. The average molecular weight is 639 g/mol. The van der Waals surface area contributed by atoms with Gasteiger partial charge in [0.1, 0.15) is 23.7 Å². The van der Waals surface area contributed by atoms with E-state index in [0.29, 0.717) is 11.3 Å². The summed E-state index contributed by atoms with van der Waals surface area (Å²) >= 11 is 1.45. The smallest absolute Gasteiger partial charge is 0.356 e. The number of hydrogen-bond acceptors (Lipinski definition) is 9. The third-order valence-electron chi connectivity index (χ3n) is 6.89. The maximum absolute atomic E-state index is 13.5. The minimum absolute atomic E-state index is 0.0666. The van der Waals surface area contributed by atoms with Crippen molar-refractivity contribution >= 4 is 39.7 Å². The summed E-state index contributed by atoms with van der Waals surface area (Å²) < 4.78 is 40.9. The van der Waals surface area contributed by atoms with Crippen LogP contribution in [0.25, 0.3) is 0 Å². The van der Waals surface area contributed by atoms with Gasteiger partial charge in [-0.25, -0.2) is 4.79 Å². The van der Waals surface area contributed by atoms with Gasteiger partial charge in [0.25, 0.3) is 10.1 Å². The van der Waals surface area contributed by atoms with Gasteiger partial charge in [-0.15, -0.1) is 11.8 Å². The van der Waals surface area contributed by atoms with Crippen LogP contribution in [-0.4, -0.2) is 59.5 Å². The molecule has 12 heteroatoms. The van der Waals surface area contributed by atoms with E-state index in [0.717, 1.165) is 16.7 Å². The number of carbonyl (C=O) groups is 3. The number of amides is 1. The van der Waals surface area contributed by atoms with Crippen LogP contribution in [0.5, 0.6) is 0 Å². The Morgan fingerprint density at radius 3 is 2.02 bits per heavy atom. The summed E-state index contributed by atoms with van der Waals surface area (Å²) in [5, 5.41) is -0.337. The topological polar surface area (TPSA) is 153 Å². The van der Waals surface area contributed by atoms with Crippen LogP contribution in [0.4, 0.5) is 0 Å². The van der Waals surface area contributed by atoms with Crippen LogP contribution in [-0.2, 0) is 34.0 Å². The Morgan fingerprint density at radius 1 is 0.977 bits per heavy atom. The molecule has 10 nitrogen and oxygen atoms in total. The van der Waals surface area contributed by atoms with E-state index in [1.165, 1.54) is 28.8 Å². The number of hydrogen-bond donors (Lipinski definition) is 2. The molecule has 0 bridgehead atoms. The average Bonchev–Trinajstić information content (AvgIpc) is 3.02. The monoisotopic (exact) mass is 638 g/mol. The summed E-state index contributed by atoms with van der Waals surface area (Å²) in [6.45, 7) is 5.23. The van der Waals surface area contributed by atoms with E-state index in [4.69, 9.17) is 19.8 Å². The highest BCUT2D eigenvalue weighted by atomic mass is 32.2. The summed E-state index contributed by atoms with van der Waals surface area (Å²) in [7, 11) is -4.02. The molecule has 3 aromatic rings. The van der Waals surface area contributed by atoms with Crippen LogP contribution in [0.3, 0.4) is 0 Å². The Balaban J connectivity index is 0.000000339. The van der Waals surface area contributed by atoms with Crippen molar-refractivity contribution in [3.05, 3.63) is 113 Å². The first kappa shape index (κ1) is 32.9. The summed E-state index contributed by atoms with van der Waals surface area (Å²) in [6.07, 6.45) is -0.662. The van der Waals surface area contributed by atoms with Crippen molar-refractivity contribution in [1.82, 2.24) is 4.90 Å². The number of carbonyl (C=O) groups excluding carboxylic acids is 3. The van der Waals surface area contributed by atoms with E-state index < -0.39 is 28.2 Å². The van der Waals surface area contributed by atoms with E-state index in [1.807, 2.05) is 67.6 Å². The fraction of sp³-hybridized carbons (Fsp3) is 0.281. The van der Waals surface area contributed by atoms with Crippen molar-refractivity contribution in [3.8, 4) is 0 Å². The Morgan fingerprint density at radius 2 is 1.52 bits per heavy atom. The van der Waals surface area contributed by atoms with Crippen LogP contribution < -0.4 is 5.73 Å². The van der Waals surface area contributed by atoms with Gasteiger partial charge in [-0.05, 0) is 30.2 Å². The Hall–Kier alpha value is -3.97. The predicted molar refractivity (Wildman–Crippen MR) is 166 cm³/mol. The molecule has 0 aliphatic carbocycles. The van der Waals surface area contributed by atoms with Crippen LogP contribution in [0.2, 0.25) is 0 Å². The predicted octanol–water partition coefficient (Wildman–Crippen LogP) is 4.26. The van der Waals surface area contributed by atoms with Crippen molar-refractivity contribution < 1.29 is 36.8 Å². The first-order valence-corrected chi connectivity index (χ1v) is 16.3. The Labute approximate surface area is 261 Å². The number of rotatable bonds is 8. The molecule has 5 rings (SSSR count). The number of nitrogens with two attached hydrogens (primary N) is 1. The second-order valence-electron chi connectivity index (χ2n) is 10.5. The van der Waals surface area contributed by atoms with Crippen LogP contribution in [0, 0.1) is 12.8 Å². The lowest BCUT2D eigenvalue weighted by Gasteiger charge is -2.48. The summed E-state index contributed by atoms with van der Waals surface area (Å²) in [5.41, 5.74) is 9.18. The van der Waals surface area contributed by atoms with E-state index in [-0.39, 0.29) is 40.4 Å². The van der Waals surface area contributed by atoms with E-state index in [2.05, 4.69) is 0 Å². The number of aryl methyl sites for hydroxylation is 1. The SMILES string of the molecule is CC(C)C(=O)OCC1=C(C(=O)OC(c2ccccc2)c2ccccc2)N2C(=O)[C@@H](N)[C@@H]2SC1.Cc1ccc(S(=O)(=O)O)cc1. The standard InChI is InChI=1S/C25H26N2O5S.C7H8O3S/c1-15(2)24(29)31-13-18-14-33-23-19(26)22(28)27(23)20(18)25(30)32-21(16-9-5-3-6-10-16)17-11-7-4-8-12-17;1-6-2-4-7(5-3-6)11(8,9)10/h3-12,15,19,21,23H,13-14,26H2,1-2H3;2-5H,1H3,(H,8,9,10)/t19-,23+;/m1./s1. The van der Waals surface area contributed by atoms with Crippen molar-refractivity contribution in [1.29, 1.82) is 0 Å². The second kappa shape index (κ2) is 14.2. The molecule has 2 atom stereocenters. The van der Waals surface area contributed by atoms with Crippen LogP contribution in [0.1, 0.15) is 36.6 Å². The number of fused-ring (bicyclic) bond motifs is 1. The van der Waals surface area contributed by atoms with Gasteiger partial charge in [0.2, 0.25) is 5.91 Å². The lowest BCUT2D eigenvalue weighted by molar-refractivity contribution is -0.153. The molecule has 3 N–H and O–H groups in total. The van der Waals surface area contributed by atoms with Gasteiger partial charge >= 0.3 is 11.9 Å². The fourth-order valence-corrected chi connectivity index (χ4v) is 6.22. The van der Waals surface area contributed by atoms with Crippen molar-refractivity contribution in [2.24, 2.45) is 11.7 Å². The number of nitrogens with zero attached hydrogens (tertiary/aromatic N) is 1. The summed E-state index contributed by atoms with van der Waals surface area (Å²) in [4.78, 5) is 39.4. The third kappa shape index (κ3) is 7.75. The molecule has 2 aliphatic heterocycles. The Bertz CT molecular complexity index is 1590. The maximum Gasteiger partial charge on any atom is 0.356 e. The minimum Gasteiger partial charge on any atom is -0.461 e. The van der Waals surface area contributed by atoms with Gasteiger partial charge in [0.05, 0.1) is 10.8 Å². The van der Waals surface area contributed by atoms with Gasteiger partial charge in [0, 0.05) is 11.3 Å². The van der Waals surface area contributed by atoms with Crippen molar-refractivity contribution in [3.63, 3.8) is 0 Å². The Kier molecular flexibility index (Phi) is 10.6. The number of ether oxygens (including phenoxy) is 2. The highest BCUT2D eigenvalue weighted by Gasteiger charge is 2.52. The molecule has 1 amide bonds. The molecule has 0 saturated carbocycles. The third-order valence-corrected chi connectivity index (χ3v) is 9.12. The minimum atomic E-state index is -4.02. The largest absolute Gasteiger partial charge is 0.461 e. The molecule has 1 fully saturated rings. The van der Waals surface area contributed by atoms with Gasteiger partial charge in [-0.1, -0.05) is 92.2 Å². The molecule has 3 aromatic carbocycles. The number of β-lactam (4-membered cyclic amide) rings is 1. The molecule has 0 spiro atoms. The zero-order valence-corrected chi connectivity index (χ0v) is 26.1. The highest BCUT2D eigenvalue weighted by molar-refractivity contribution is 8.00. The van der Waals surface area contributed by atoms with Crippen molar-refractivity contribution in [2.75, 3.05) is 12.4 Å². The quantitative estimate of drug-likeness (QED) is 0.208. The lowest BCUT2D eigenvalue weighted by Crippen LogP contribution is -2.68. The van der Waals surface area contributed by atoms with Gasteiger partial charge in [0.15, 0.2) is 6.10 Å². The second-order valence-corrected chi connectivity index (χ2v) is 13.1. The first-order chi connectivity index (χ1) is 20.9. The molecular formula is C32H34N2O8S2. The molecular weight excluding hydrogens is 604 g/mol. The molecule has 232 valence electrons. The summed E-state index contributed by atoms with van der Waals surface area (Å²) in [5.74, 6) is -1.25. The maximum atomic E-state index is 13.5. The molecule has 0 aromatic heterocycles. The normalized spacial score (nSPS) is 17.8. The zero-order chi connectivity index (χ0) is 32.0. The fourth-order valence-electron chi connectivity index (χ4n) is 4.46. The number of benzene rings is 3. The van der Waals surface area contributed by atoms with Crippen molar-refractivity contribution in [2.45, 2.75) is 43.2 Å². The van der Waals surface area contributed by atoms with E-state index in [9.17, 15) is 22.8 Å². The first-order valence-electron chi connectivity index (χ1n) is 13.8.